The number of carbonyl (C=O) groups excluding carboxylic acids is 2. The molecule has 0 heterocycles. The first-order valence-corrected chi connectivity index (χ1v) is 9.85. The summed E-state index contributed by atoms with van der Waals surface area (Å²) in [6, 6.07) is 17.3. The molecule has 0 bridgehead atoms. The Bertz CT molecular complexity index is 788. The van der Waals surface area contributed by atoms with Gasteiger partial charge in [-0.05, 0) is 23.3 Å². The number of amides is 2. The highest BCUT2D eigenvalue weighted by atomic mass is 16.5. The lowest BCUT2D eigenvalue weighted by Crippen LogP contribution is -2.47. The molecule has 0 radical (unpaired) electrons. The van der Waals surface area contributed by atoms with Crippen molar-refractivity contribution >= 4 is 11.8 Å². The summed E-state index contributed by atoms with van der Waals surface area (Å²) in [5.41, 5.74) is 0.740. The van der Waals surface area contributed by atoms with Crippen LogP contribution in [0.15, 0.2) is 54.6 Å². The van der Waals surface area contributed by atoms with Crippen LogP contribution in [0, 0.1) is 10.8 Å². The van der Waals surface area contributed by atoms with Crippen LogP contribution in [0.3, 0.4) is 0 Å². The van der Waals surface area contributed by atoms with Gasteiger partial charge in [0.15, 0.2) is 0 Å². The van der Waals surface area contributed by atoms with Crippen LogP contribution in [0.4, 0.5) is 0 Å². The number of ether oxygens (including phenoxy) is 1. The predicted molar refractivity (Wildman–Crippen MR) is 115 cm³/mol. The van der Waals surface area contributed by atoms with Gasteiger partial charge in [-0.2, -0.15) is 0 Å². The summed E-state index contributed by atoms with van der Waals surface area (Å²) >= 11 is 0. The molecule has 0 saturated heterocycles. The first-order valence-electron chi connectivity index (χ1n) is 9.85. The van der Waals surface area contributed by atoms with E-state index in [1.165, 1.54) is 0 Å². The quantitative estimate of drug-likeness (QED) is 0.702. The summed E-state index contributed by atoms with van der Waals surface area (Å²) in [6.07, 6.45) is -0.614. The molecule has 2 aromatic carbocycles. The summed E-state index contributed by atoms with van der Waals surface area (Å²) < 4.78 is 5.82. The van der Waals surface area contributed by atoms with Gasteiger partial charge in [-0.3, -0.25) is 9.59 Å². The number of hydrogen-bond acceptors (Lipinski definition) is 3. The van der Waals surface area contributed by atoms with Gasteiger partial charge in [0.25, 0.3) is 0 Å². The molecule has 29 heavy (non-hydrogen) atoms. The standard InChI is InChI=1S/C24H32N2O3/c1-23(2,3)21(27)25-20(26-22(28)24(4,5)6)18-12-14-19(15-13-18)29-16-17-10-8-7-9-11-17/h7-15,20H,16H2,1-6H3,(H,25,27)(H,26,28). The molecule has 0 aliphatic heterocycles. The SMILES string of the molecule is CC(C)(C)C(=O)NC(NC(=O)C(C)(C)C)c1ccc(OCc2ccccc2)cc1. The fourth-order valence-electron chi connectivity index (χ4n) is 2.40. The Morgan fingerprint density at radius 2 is 1.28 bits per heavy atom. The number of carbonyl (C=O) groups is 2. The Morgan fingerprint density at radius 1 is 0.793 bits per heavy atom. The molecule has 5 nitrogen and oxygen atoms in total. The zero-order valence-corrected chi connectivity index (χ0v) is 18.2. The third-order valence-electron chi connectivity index (χ3n) is 4.37. The van der Waals surface area contributed by atoms with E-state index in [1.54, 1.807) is 0 Å². The molecular formula is C24H32N2O3. The summed E-state index contributed by atoms with van der Waals surface area (Å²) in [5, 5.41) is 5.88. The fraction of sp³-hybridized carbons (Fsp3) is 0.417. The molecule has 2 N–H and O–H groups in total. The van der Waals surface area contributed by atoms with Crippen molar-refractivity contribution in [2.24, 2.45) is 10.8 Å². The minimum absolute atomic E-state index is 0.138. The zero-order chi connectivity index (χ0) is 21.7. The van der Waals surface area contributed by atoms with Gasteiger partial charge in [0.1, 0.15) is 18.5 Å². The second-order valence-electron chi connectivity index (χ2n) is 9.22. The van der Waals surface area contributed by atoms with Crippen LogP contribution in [0.1, 0.15) is 58.8 Å². The van der Waals surface area contributed by atoms with Crippen molar-refractivity contribution in [3.05, 3.63) is 65.7 Å². The van der Waals surface area contributed by atoms with E-state index in [0.717, 1.165) is 16.9 Å². The summed E-state index contributed by atoms with van der Waals surface area (Å²) in [6.45, 7) is 11.5. The highest BCUT2D eigenvalue weighted by Gasteiger charge is 2.29. The highest BCUT2D eigenvalue weighted by Crippen LogP contribution is 2.22. The van der Waals surface area contributed by atoms with Gasteiger partial charge in [-0.15, -0.1) is 0 Å². The fourth-order valence-corrected chi connectivity index (χ4v) is 2.40. The summed E-state index contributed by atoms with van der Waals surface area (Å²) in [4.78, 5) is 25.0. The van der Waals surface area contributed by atoms with E-state index >= 15 is 0 Å². The largest absolute Gasteiger partial charge is 0.489 e. The Kier molecular flexibility index (Phi) is 7.07. The van der Waals surface area contributed by atoms with E-state index in [-0.39, 0.29) is 11.8 Å². The Hall–Kier alpha value is -2.82. The summed E-state index contributed by atoms with van der Waals surface area (Å²) in [5.74, 6) is 0.447. The van der Waals surface area contributed by atoms with Gasteiger partial charge in [0, 0.05) is 10.8 Å². The molecule has 0 fully saturated rings. The molecule has 156 valence electrons. The second-order valence-corrected chi connectivity index (χ2v) is 9.22. The predicted octanol–water partition coefficient (Wildman–Crippen LogP) is 4.59. The third kappa shape index (κ3) is 6.93. The molecule has 0 atom stereocenters. The van der Waals surface area contributed by atoms with Crippen LogP contribution >= 0.6 is 0 Å². The zero-order valence-electron chi connectivity index (χ0n) is 18.2. The van der Waals surface area contributed by atoms with Crippen LogP contribution in [0.5, 0.6) is 5.75 Å². The maximum absolute atomic E-state index is 12.5. The normalized spacial score (nSPS) is 11.8. The lowest BCUT2D eigenvalue weighted by atomic mass is 9.94. The van der Waals surface area contributed by atoms with Crippen LogP contribution < -0.4 is 15.4 Å². The smallest absolute Gasteiger partial charge is 0.227 e. The number of nitrogens with one attached hydrogen (secondary N) is 2. The van der Waals surface area contributed by atoms with Crippen molar-refractivity contribution in [1.29, 1.82) is 0 Å². The van der Waals surface area contributed by atoms with Crippen LogP contribution in [-0.4, -0.2) is 11.8 Å². The van der Waals surface area contributed by atoms with Crippen molar-refractivity contribution in [2.75, 3.05) is 0 Å². The first kappa shape index (κ1) is 22.5. The van der Waals surface area contributed by atoms with Gasteiger partial charge >= 0.3 is 0 Å². The molecule has 0 aliphatic rings. The molecule has 5 heteroatoms. The van der Waals surface area contributed by atoms with E-state index in [2.05, 4.69) is 10.6 Å². The molecule has 0 aromatic heterocycles. The minimum atomic E-state index is -0.614. The molecule has 0 aliphatic carbocycles. The van der Waals surface area contributed by atoms with E-state index in [1.807, 2.05) is 96.1 Å². The average Bonchev–Trinajstić information content (AvgIpc) is 2.65. The van der Waals surface area contributed by atoms with Gasteiger partial charge < -0.3 is 15.4 Å². The summed E-state index contributed by atoms with van der Waals surface area (Å²) in [7, 11) is 0. The van der Waals surface area contributed by atoms with Crippen molar-refractivity contribution in [3.63, 3.8) is 0 Å². The van der Waals surface area contributed by atoms with Crippen molar-refractivity contribution in [3.8, 4) is 5.75 Å². The van der Waals surface area contributed by atoms with Gasteiger partial charge in [0.05, 0.1) is 0 Å². The average molecular weight is 397 g/mol. The van der Waals surface area contributed by atoms with Crippen LogP contribution in [-0.2, 0) is 16.2 Å². The minimum Gasteiger partial charge on any atom is -0.489 e. The maximum Gasteiger partial charge on any atom is 0.227 e. The third-order valence-corrected chi connectivity index (χ3v) is 4.37. The van der Waals surface area contributed by atoms with Crippen LogP contribution in [0.2, 0.25) is 0 Å². The topological polar surface area (TPSA) is 67.4 Å². The van der Waals surface area contributed by atoms with Crippen LogP contribution in [0.25, 0.3) is 0 Å². The van der Waals surface area contributed by atoms with Crippen molar-refractivity contribution in [1.82, 2.24) is 10.6 Å². The molecule has 2 aromatic rings. The molecule has 0 spiro atoms. The molecular weight excluding hydrogens is 364 g/mol. The molecule has 2 rings (SSSR count). The number of hydrogen-bond donors (Lipinski definition) is 2. The van der Waals surface area contributed by atoms with Gasteiger partial charge in [0.2, 0.25) is 11.8 Å². The monoisotopic (exact) mass is 396 g/mol. The van der Waals surface area contributed by atoms with E-state index in [4.69, 9.17) is 4.74 Å². The van der Waals surface area contributed by atoms with Gasteiger partial charge in [-0.1, -0.05) is 84.0 Å². The lowest BCUT2D eigenvalue weighted by molar-refractivity contribution is -0.132. The second kappa shape index (κ2) is 9.12. The molecule has 2 amide bonds. The molecule has 0 saturated carbocycles. The highest BCUT2D eigenvalue weighted by molar-refractivity contribution is 5.84. The first-order chi connectivity index (χ1) is 13.5. The van der Waals surface area contributed by atoms with E-state index in [9.17, 15) is 9.59 Å². The number of benzene rings is 2. The van der Waals surface area contributed by atoms with E-state index < -0.39 is 17.0 Å². The lowest BCUT2D eigenvalue weighted by Gasteiger charge is -2.28. The molecule has 0 unspecified atom stereocenters. The Balaban J connectivity index is 2.14. The maximum atomic E-state index is 12.5. The Morgan fingerprint density at radius 3 is 1.72 bits per heavy atom. The van der Waals surface area contributed by atoms with Crippen molar-refractivity contribution in [2.45, 2.75) is 54.3 Å². The van der Waals surface area contributed by atoms with E-state index in [0.29, 0.717) is 6.61 Å². The number of rotatable bonds is 6. The van der Waals surface area contributed by atoms with Gasteiger partial charge in [-0.25, -0.2) is 0 Å². The van der Waals surface area contributed by atoms with Crippen molar-refractivity contribution < 1.29 is 14.3 Å². The Labute approximate surface area is 173 Å².